The molecule has 80 valence electrons. The highest BCUT2D eigenvalue weighted by Gasteiger charge is 2.02. The zero-order valence-electron chi connectivity index (χ0n) is 8.82. The Bertz CT molecular complexity index is 332. The maximum atomic E-state index is 11.5. The molecular formula is C12H15NOS. The Kier molecular flexibility index (Phi) is 4.98. The summed E-state index contributed by atoms with van der Waals surface area (Å²) in [6.07, 6.45) is 3.73. The lowest BCUT2D eigenvalue weighted by atomic mass is 10.1. The molecule has 0 spiro atoms. The van der Waals surface area contributed by atoms with Crippen molar-refractivity contribution in [2.45, 2.75) is 5.75 Å². The minimum Gasteiger partial charge on any atom is -0.349 e. The molecule has 1 N–H and O–H groups in total. The number of hydrogen-bond donors (Lipinski definition) is 1. The minimum atomic E-state index is -0.0504. The van der Waals surface area contributed by atoms with Gasteiger partial charge in [-0.25, -0.2) is 0 Å². The van der Waals surface area contributed by atoms with Crippen LogP contribution >= 0.6 is 11.8 Å². The number of carbonyl (C=O) groups is 1. The van der Waals surface area contributed by atoms with E-state index in [9.17, 15) is 4.79 Å². The minimum absolute atomic E-state index is 0.0504. The molecule has 1 amide bonds. The van der Waals surface area contributed by atoms with Gasteiger partial charge in [0.15, 0.2) is 0 Å². The third-order valence-electron chi connectivity index (χ3n) is 1.93. The first-order valence-electron chi connectivity index (χ1n) is 4.75. The molecule has 2 nitrogen and oxygen atoms in total. The highest BCUT2D eigenvalue weighted by molar-refractivity contribution is 7.97. The van der Waals surface area contributed by atoms with Crippen LogP contribution in [0.3, 0.4) is 0 Å². The molecule has 0 aliphatic rings. The highest BCUT2D eigenvalue weighted by Crippen LogP contribution is 2.10. The fourth-order valence-corrected chi connectivity index (χ4v) is 1.71. The van der Waals surface area contributed by atoms with Gasteiger partial charge in [-0.05, 0) is 24.0 Å². The first kappa shape index (κ1) is 11.9. The summed E-state index contributed by atoms with van der Waals surface area (Å²) in [7, 11) is 0. The average molecular weight is 221 g/mol. The number of carbonyl (C=O) groups excluding carboxylic acids is 1. The summed E-state index contributed by atoms with van der Waals surface area (Å²) >= 11 is 1.77. The lowest BCUT2D eigenvalue weighted by molar-refractivity contribution is 0.0958. The molecule has 0 radical (unpaired) electrons. The molecule has 1 aromatic carbocycles. The van der Waals surface area contributed by atoms with Gasteiger partial charge in [0.2, 0.25) is 0 Å². The van der Waals surface area contributed by atoms with Crippen LogP contribution in [0.1, 0.15) is 15.9 Å². The second-order valence-corrected chi connectivity index (χ2v) is 3.99. The summed E-state index contributed by atoms with van der Waals surface area (Å²) in [6, 6.07) is 7.67. The second kappa shape index (κ2) is 6.30. The van der Waals surface area contributed by atoms with Crippen molar-refractivity contribution in [3.63, 3.8) is 0 Å². The molecule has 0 bridgehead atoms. The Morgan fingerprint density at radius 2 is 2.13 bits per heavy atom. The summed E-state index contributed by atoms with van der Waals surface area (Å²) < 4.78 is 0. The fourth-order valence-electron chi connectivity index (χ4n) is 1.19. The molecular weight excluding hydrogens is 206 g/mol. The molecule has 0 saturated carbocycles. The molecule has 0 heterocycles. The van der Waals surface area contributed by atoms with Crippen LogP contribution in [0.15, 0.2) is 36.9 Å². The molecule has 0 atom stereocenters. The van der Waals surface area contributed by atoms with Crippen LogP contribution in [-0.2, 0) is 5.75 Å². The van der Waals surface area contributed by atoms with Gasteiger partial charge in [-0.1, -0.05) is 18.2 Å². The number of thioether (sulfide) groups is 1. The van der Waals surface area contributed by atoms with Crippen LogP contribution in [0.25, 0.3) is 0 Å². The Morgan fingerprint density at radius 1 is 1.47 bits per heavy atom. The van der Waals surface area contributed by atoms with E-state index in [0.717, 1.165) is 5.75 Å². The average Bonchev–Trinajstić information content (AvgIpc) is 2.27. The highest BCUT2D eigenvalue weighted by atomic mass is 32.2. The third kappa shape index (κ3) is 3.80. The molecule has 15 heavy (non-hydrogen) atoms. The molecule has 3 heteroatoms. The van der Waals surface area contributed by atoms with Crippen LogP contribution in [0.2, 0.25) is 0 Å². The molecule has 0 aliphatic carbocycles. The van der Waals surface area contributed by atoms with E-state index >= 15 is 0 Å². The Hall–Kier alpha value is -1.22. The van der Waals surface area contributed by atoms with Gasteiger partial charge in [0.1, 0.15) is 0 Å². The van der Waals surface area contributed by atoms with Gasteiger partial charge >= 0.3 is 0 Å². The molecule has 0 aromatic heterocycles. The summed E-state index contributed by atoms with van der Waals surface area (Å²) in [5.41, 5.74) is 1.93. The number of amides is 1. The van der Waals surface area contributed by atoms with Crippen molar-refractivity contribution < 1.29 is 4.79 Å². The largest absolute Gasteiger partial charge is 0.349 e. The van der Waals surface area contributed by atoms with Crippen molar-refractivity contribution in [3.8, 4) is 0 Å². The summed E-state index contributed by atoms with van der Waals surface area (Å²) in [4.78, 5) is 11.5. The lowest BCUT2D eigenvalue weighted by Gasteiger charge is -2.03. The number of nitrogens with one attached hydrogen (secondary N) is 1. The van der Waals surface area contributed by atoms with Gasteiger partial charge < -0.3 is 5.32 Å². The number of benzene rings is 1. The molecule has 0 unspecified atom stereocenters. The first-order chi connectivity index (χ1) is 7.27. The second-order valence-electron chi connectivity index (χ2n) is 3.13. The van der Waals surface area contributed by atoms with Crippen LogP contribution < -0.4 is 5.32 Å². The van der Waals surface area contributed by atoms with E-state index in [0.29, 0.717) is 12.1 Å². The van der Waals surface area contributed by atoms with Gasteiger partial charge in [0, 0.05) is 17.9 Å². The molecule has 0 saturated heterocycles. The number of hydrogen-bond acceptors (Lipinski definition) is 2. The van der Waals surface area contributed by atoms with Crippen molar-refractivity contribution in [1.82, 2.24) is 5.32 Å². The Balaban J connectivity index is 2.62. The lowest BCUT2D eigenvalue weighted by Crippen LogP contribution is -2.22. The maximum Gasteiger partial charge on any atom is 0.251 e. The van der Waals surface area contributed by atoms with E-state index in [1.807, 2.05) is 24.3 Å². The van der Waals surface area contributed by atoms with Crippen molar-refractivity contribution >= 4 is 17.7 Å². The van der Waals surface area contributed by atoms with E-state index in [-0.39, 0.29) is 5.91 Å². The Morgan fingerprint density at radius 3 is 2.67 bits per heavy atom. The van der Waals surface area contributed by atoms with Crippen molar-refractivity contribution in [2.75, 3.05) is 12.8 Å². The van der Waals surface area contributed by atoms with Crippen molar-refractivity contribution in [1.29, 1.82) is 0 Å². The summed E-state index contributed by atoms with van der Waals surface area (Å²) in [5, 5.41) is 2.74. The van der Waals surface area contributed by atoms with Gasteiger partial charge in [-0.2, -0.15) is 11.8 Å². The molecule has 0 aliphatic heterocycles. The molecule has 1 rings (SSSR count). The first-order valence-corrected chi connectivity index (χ1v) is 6.14. The van der Waals surface area contributed by atoms with Crippen LogP contribution in [-0.4, -0.2) is 18.7 Å². The zero-order chi connectivity index (χ0) is 11.1. The third-order valence-corrected chi connectivity index (χ3v) is 2.56. The van der Waals surface area contributed by atoms with E-state index in [1.165, 1.54) is 5.56 Å². The predicted molar refractivity (Wildman–Crippen MR) is 66.2 cm³/mol. The van der Waals surface area contributed by atoms with E-state index < -0.39 is 0 Å². The summed E-state index contributed by atoms with van der Waals surface area (Å²) in [6.45, 7) is 4.05. The monoisotopic (exact) mass is 221 g/mol. The van der Waals surface area contributed by atoms with Crippen LogP contribution in [0.4, 0.5) is 0 Å². The standard InChI is InChI=1S/C12H15NOS/c1-3-8-13-12(14)11-6-4-10(5-7-11)9-15-2/h3-7H,1,8-9H2,2H3,(H,13,14). The zero-order valence-corrected chi connectivity index (χ0v) is 9.64. The molecule has 0 fully saturated rings. The van der Waals surface area contributed by atoms with Gasteiger partial charge in [-0.3, -0.25) is 4.79 Å². The summed E-state index contributed by atoms with van der Waals surface area (Å²) in [5.74, 6) is 0.930. The van der Waals surface area contributed by atoms with E-state index in [4.69, 9.17) is 0 Å². The fraction of sp³-hybridized carbons (Fsp3) is 0.250. The van der Waals surface area contributed by atoms with Crippen molar-refractivity contribution in [2.24, 2.45) is 0 Å². The topological polar surface area (TPSA) is 29.1 Å². The van der Waals surface area contributed by atoms with Crippen LogP contribution in [0.5, 0.6) is 0 Å². The molecule has 1 aromatic rings. The van der Waals surface area contributed by atoms with Gasteiger partial charge in [0.05, 0.1) is 0 Å². The van der Waals surface area contributed by atoms with Gasteiger partial charge in [-0.15, -0.1) is 6.58 Å². The predicted octanol–water partition coefficient (Wildman–Crippen LogP) is 2.47. The Labute approximate surface area is 94.8 Å². The van der Waals surface area contributed by atoms with Crippen molar-refractivity contribution in [3.05, 3.63) is 48.0 Å². The van der Waals surface area contributed by atoms with E-state index in [2.05, 4.69) is 18.2 Å². The van der Waals surface area contributed by atoms with Gasteiger partial charge in [0.25, 0.3) is 5.91 Å². The van der Waals surface area contributed by atoms with E-state index in [1.54, 1.807) is 17.8 Å². The SMILES string of the molecule is C=CCNC(=O)c1ccc(CSC)cc1. The maximum absolute atomic E-state index is 11.5. The smallest absolute Gasteiger partial charge is 0.251 e. The quantitative estimate of drug-likeness (QED) is 0.774. The number of rotatable bonds is 5. The normalized spacial score (nSPS) is 9.67. The van der Waals surface area contributed by atoms with Crippen LogP contribution in [0, 0.1) is 0 Å².